The van der Waals surface area contributed by atoms with Gasteiger partial charge in [0.05, 0.1) is 13.3 Å². The van der Waals surface area contributed by atoms with Crippen molar-refractivity contribution in [3.05, 3.63) is 57.6 Å². The molecule has 0 spiro atoms. The molecule has 22 heavy (non-hydrogen) atoms. The third-order valence-electron chi connectivity index (χ3n) is 2.96. The van der Waals surface area contributed by atoms with Crippen LogP contribution >= 0.6 is 23.2 Å². The van der Waals surface area contributed by atoms with Gasteiger partial charge in [-0.1, -0.05) is 29.3 Å². The summed E-state index contributed by atoms with van der Waals surface area (Å²) in [7, 11) is 3.32. The summed E-state index contributed by atoms with van der Waals surface area (Å²) in [5, 5.41) is 5.10. The van der Waals surface area contributed by atoms with E-state index >= 15 is 0 Å². The molecule has 0 bridgehead atoms. The Morgan fingerprint density at radius 2 is 1.86 bits per heavy atom. The lowest BCUT2D eigenvalue weighted by Gasteiger charge is -2.13. The van der Waals surface area contributed by atoms with Crippen molar-refractivity contribution < 1.29 is 9.47 Å². The van der Waals surface area contributed by atoms with Gasteiger partial charge in [0.2, 0.25) is 0 Å². The molecular formula is C16H16Cl2N2O2. The van der Waals surface area contributed by atoms with E-state index in [9.17, 15) is 0 Å². The smallest absolute Gasteiger partial charge is 0.161 e. The van der Waals surface area contributed by atoms with E-state index in [1.54, 1.807) is 38.6 Å². The Bertz CT molecular complexity index is 655. The van der Waals surface area contributed by atoms with Crippen LogP contribution in [0.1, 0.15) is 11.1 Å². The van der Waals surface area contributed by atoms with Crippen LogP contribution in [0.3, 0.4) is 0 Å². The zero-order chi connectivity index (χ0) is 15.9. The van der Waals surface area contributed by atoms with Crippen LogP contribution in [0.5, 0.6) is 11.5 Å². The van der Waals surface area contributed by atoms with Gasteiger partial charge in [-0.25, -0.2) is 0 Å². The van der Waals surface area contributed by atoms with Gasteiger partial charge in [0.15, 0.2) is 11.5 Å². The van der Waals surface area contributed by atoms with E-state index in [-0.39, 0.29) is 6.61 Å². The Hall–Kier alpha value is -1.91. The van der Waals surface area contributed by atoms with Crippen molar-refractivity contribution in [2.75, 3.05) is 14.2 Å². The van der Waals surface area contributed by atoms with Crippen molar-refractivity contribution in [1.82, 2.24) is 5.43 Å². The molecule has 0 saturated heterocycles. The van der Waals surface area contributed by atoms with Gasteiger partial charge in [-0.2, -0.15) is 5.10 Å². The number of ether oxygens (including phenoxy) is 2. The number of hydrazone groups is 1. The molecule has 0 amide bonds. The highest BCUT2D eigenvalue weighted by molar-refractivity contribution is 6.35. The highest BCUT2D eigenvalue weighted by Crippen LogP contribution is 2.31. The number of hydrogen-bond donors (Lipinski definition) is 1. The van der Waals surface area contributed by atoms with E-state index in [0.717, 1.165) is 11.1 Å². The van der Waals surface area contributed by atoms with E-state index in [0.29, 0.717) is 21.5 Å². The number of nitrogens with one attached hydrogen (secondary N) is 1. The monoisotopic (exact) mass is 338 g/mol. The molecule has 0 atom stereocenters. The quantitative estimate of drug-likeness (QED) is 0.636. The fourth-order valence-electron chi connectivity index (χ4n) is 1.84. The van der Waals surface area contributed by atoms with Crippen LogP contribution in [0.15, 0.2) is 41.5 Å². The van der Waals surface area contributed by atoms with Crippen LogP contribution in [0, 0.1) is 0 Å². The molecule has 116 valence electrons. The molecule has 0 heterocycles. The van der Waals surface area contributed by atoms with Crippen LogP contribution in [0.2, 0.25) is 10.0 Å². The third kappa shape index (κ3) is 4.06. The van der Waals surface area contributed by atoms with Crippen molar-refractivity contribution in [1.29, 1.82) is 0 Å². The average Bonchev–Trinajstić information content (AvgIpc) is 2.53. The first-order chi connectivity index (χ1) is 10.7. The van der Waals surface area contributed by atoms with E-state index in [2.05, 4.69) is 10.5 Å². The summed E-state index contributed by atoms with van der Waals surface area (Å²) in [5.74, 6) is 1.23. The SMILES string of the molecule is CN/N=C/c1ccc(OCc2c(Cl)cccc2Cl)c(OC)c1. The Labute approximate surface area is 139 Å². The van der Waals surface area contributed by atoms with Crippen molar-refractivity contribution in [3.63, 3.8) is 0 Å². The summed E-state index contributed by atoms with van der Waals surface area (Å²) in [6.07, 6.45) is 1.69. The van der Waals surface area contributed by atoms with Crippen LogP contribution < -0.4 is 14.9 Å². The topological polar surface area (TPSA) is 42.9 Å². The van der Waals surface area contributed by atoms with Crippen LogP contribution in [0.4, 0.5) is 0 Å². The standard InChI is InChI=1S/C16H16Cl2N2O2/c1-19-20-9-11-6-7-15(16(8-11)21-2)22-10-12-13(17)4-3-5-14(12)18/h3-9,19H,10H2,1-2H3/b20-9+. The van der Waals surface area contributed by atoms with Gasteiger partial charge in [-0.3, -0.25) is 0 Å². The highest BCUT2D eigenvalue weighted by Gasteiger charge is 2.09. The number of rotatable bonds is 6. The normalized spacial score (nSPS) is 10.7. The molecule has 0 aromatic heterocycles. The summed E-state index contributed by atoms with van der Waals surface area (Å²) in [4.78, 5) is 0. The maximum absolute atomic E-state index is 6.13. The molecule has 2 aromatic carbocycles. The molecule has 0 aliphatic rings. The molecule has 0 radical (unpaired) electrons. The minimum Gasteiger partial charge on any atom is -0.493 e. The molecule has 0 fully saturated rings. The summed E-state index contributed by atoms with van der Waals surface area (Å²) in [5.41, 5.74) is 4.34. The Balaban J connectivity index is 2.17. The fourth-order valence-corrected chi connectivity index (χ4v) is 2.35. The maximum atomic E-state index is 6.13. The molecular weight excluding hydrogens is 323 g/mol. The molecule has 0 aliphatic carbocycles. The Morgan fingerprint density at radius 3 is 2.50 bits per heavy atom. The minimum atomic E-state index is 0.263. The van der Waals surface area contributed by atoms with Crippen LogP contribution in [-0.2, 0) is 6.61 Å². The molecule has 4 nitrogen and oxygen atoms in total. The van der Waals surface area contributed by atoms with Gasteiger partial charge in [0, 0.05) is 22.7 Å². The predicted octanol–water partition coefficient (Wildman–Crippen LogP) is 4.13. The van der Waals surface area contributed by atoms with Crippen molar-refractivity contribution >= 4 is 29.4 Å². The molecule has 0 saturated carbocycles. The second kappa shape index (κ2) is 7.92. The zero-order valence-electron chi connectivity index (χ0n) is 12.3. The Kier molecular flexibility index (Phi) is 5.92. The number of halogens is 2. The third-order valence-corrected chi connectivity index (χ3v) is 3.67. The van der Waals surface area contributed by atoms with Gasteiger partial charge in [0.25, 0.3) is 0 Å². The summed E-state index contributed by atoms with van der Waals surface area (Å²) < 4.78 is 11.1. The first-order valence-corrected chi connectivity index (χ1v) is 7.35. The summed E-state index contributed by atoms with van der Waals surface area (Å²) in [6.45, 7) is 0.263. The fraction of sp³-hybridized carbons (Fsp3) is 0.188. The predicted molar refractivity (Wildman–Crippen MR) is 90.4 cm³/mol. The van der Waals surface area contributed by atoms with Gasteiger partial charge >= 0.3 is 0 Å². The zero-order valence-corrected chi connectivity index (χ0v) is 13.8. The van der Waals surface area contributed by atoms with E-state index < -0.39 is 0 Å². The Morgan fingerprint density at radius 1 is 1.14 bits per heavy atom. The van der Waals surface area contributed by atoms with Crippen LogP contribution in [-0.4, -0.2) is 20.4 Å². The molecule has 2 aromatic rings. The highest BCUT2D eigenvalue weighted by atomic mass is 35.5. The van der Waals surface area contributed by atoms with Gasteiger partial charge in [-0.05, 0) is 35.9 Å². The second-order valence-electron chi connectivity index (χ2n) is 4.38. The second-order valence-corrected chi connectivity index (χ2v) is 5.20. The number of methoxy groups -OCH3 is 1. The van der Waals surface area contributed by atoms with Gasteiger partial charge in [0.1, 0.15) is 6.61 Å². The summed E-state index contributed by atoms with van der Waals surface area (Å²) in [6, 6.07) is 10.9. The first-order valence-electron chi connectivity index (χ1n) is 6.59. The van der Waals surface area contributed by atoms with Crippen molar-refractivity contribution in [3.8, 4) is 11.5 Å². The lowest BCUT2D eigenvalue weighted by molar-refractivity contribution is 0.284. The average molecular weight is 339 g/mol. The molecule has 0 aliphatic heterocycles. The summed E-state index contributed by atoms with van der Waals surface area (Å²) >= 11 is 12.3. The minimum absolute atomic E-state index is 0.263. The van der Waals surface area contributed by atoms with Gasteiger partial charge < -0.3 is 14.9 Å². The largest absolute Gasteiger partial charge is 0.493 e. The number of benzene rings is 2. The first kappa shape index (κ1) is 16.5. The molecule has 1 N–H and O–H groups in total. The lowest BCUT2D eigenvalue weighted by atomic mass is 10.2. The molecule has 2 rings (SSSR count). The van der Waals surface area contributed by atoms with Crippen LogP contribution in [0.25, 0.3) is 0 Å². The molecule has 0 unspecified atom stereocenters. The number of nitrogens with zero attached hydrogens (tertiary/aromatic N) is 1. The van der Waals surface area contributed by atoms with Crippen molar-refractivity contribution in [2.24, 2.45) is 5.10 Å². The van der Waals surface area contributed by atoms with E-state index in [4.69, 9.17) is 32.7 Å². The lowest BCUT2D eigenvalue weighted by Crippen LogP contribution is -2.00. The van der Waals surface area contributed by atoms with E-state index in [1.807, 2.05) is 18.2 Å². The van der Waals surface area contributed by atoms with Crippen molar-refractivity contribution in [2.45, 2.75) is 6.61 Å². The van der Waals surface area contributed by atoms with Gasteiger partial charge in [-0.15, -0.1) is 0 Å². The number of hydrogen-bond acceptors (Lipinski definition) is 4. The maximum Gasteiger partial charge on any atom is 0.161 e. The van der Waals surface area contributed by atoms with E-state index in [1.165, 1.54) is 0 Å². The molecule has 6 heteroatoms.